The summed E-state index contributed by atoms with van der Waals surface area (Å²) in [6, 6.07) is 16.4. The van der Waals surface area contributed by atoms with Crippen molar-refractivity contribution in [3.63, 3.8) is 0 Å². The summed E-state index contributed by atoms with van der Waals surface area (Å²) in [5, 5.41) is 3.14. The topological polar surface area (TPSA) is 47.6 Å². The molecule has 2 atom stereocenters. The van der Waals surface area contributed by atoms with Gasteiger partial charge in [0.1, 0.15) is 17.9 Å². The molecule has 1 aliphatic heterocycles. The molecule has 3 rings (SSSR count). The van der Waals surface area contributed by atoms with Crippen LogP contribution in [-0.4, -0.2) is 31.8 Å². The van der Waals surface area contributed by atoms with Crippen LogP contribution in [0.3, 0.4) is 0 Å². The number of benzene rings is 2. The lowest BCUT2D eigenvalue weighted by molar-refractivity contribution is -0.142. The third-order valence-electron chi connectivity index (χ3n) is 5.02. The highest BCUT2D eigenvalue weighted by atomic mass is 79.9. The lowest BCUT2D eigenvalue weighted by Gasteiger charge is -2.27. The summed E-state index contributed by atoms with van der Waals surface area (Å²) in [7, 11) is 1.40. The maximum absolute atomic E-state index is 11.6. The van der Waals surface area contributed by atoms with E-state index in [4.69, 9.17) is 9.47 Å². The molecule has 1 saturated heterocycles. The van der Waals surface area contributed by atoms with Gasteiger partial charge in [-0.2, -0.15) is 0 Å². The molecule has 5 heteroatoms. The van der Waals surface area contributed by atoms with Crippen LogP contribution in [0, 0.1) is 0 Å². The van der Waals surface area contributed by atoms with E-state index in [2.05, 4.69) is 71.5 Å². The molecule has 2 unspecified atom stereocenters. The fourth-order valence-corrected chi connectivity index (χ4v) is 3.77. The van der Waals surface area contributed by atoms with Crippen LogP contribution >= 0.6 is 15.9 Å². The van der Waals surface area contributed by atoms with Gasteiger partial charge in [-0.15, -0.1) is 0 Å². The second-order valence-electron chi connectivity index (χ2n) is 7.10. The van der Waals surface area contributed by atoms with Gasteiger partial charge >= 0.3 is 5.97 Å². The molecule has 1 fully saturated rings. The Morgan fingerprint density at radius 1 is 1.15 bits per heavy atom. The Bertz CT molecular complexity index is 776. The first kappa shape index (κ1) is 18.9. The van der Waals surface area contributed by atoms with Crippen LogP contribution in [0.2, 0.25) is 0 Å². The predicted octanol–water partition coefficient (Wildman–Crippen LogP) is 4.06. The Morgan fingerprint density at radius 3 is 2.54 bits per heavy atom. The molecule has 0 bridgehead atoms. The van der Waals surface area contributed by atoms with Crippen molar-refractivity contribution in [3.8, 4) is 5.75 Å². The number of halogens is 1. The zero-order valence-electron chi connectivity index (χ0n) is 15.3. The molecule has 0 spiro atoms. The van der Waals surface area contributed by atoms with Gasteiger partial charge in [-0.05, 0) is 39.2 Å². The Morgan fingerprint density at radius 2 is 1.88 bits per heavy atom. The number of carbonyl (C=O) groups is 1. The molecule has 1 heterocycles. The number of hydrogen-bond donors (Lipinski definition) is 1. The highest BCUT2D eigenvalue weighted by Crippen LogP contribution is 2.36. The normalized spacial score (nSPS) is 20.0. The number of methoxy groups -OCH3 is 1. The van der Waals surface area contributed by atoms with Gasteiger partial charge in [0.25, 0.3) is 0 Å². The lowest BCUT2D eigenvalue weighted by Crippen LogP contribution is -2.31. The monoisotopic (exact) mass is 417 g/mol. The standard InChI is InChI=1S/C21H24BrNO3/c1-21(2,14-7-5-4-6-8-14)15-9-10-19(17(22)11-15)26-16-12-18(23-13-16)20(24)25-3/h4-11,16,18,23H,12-13H2,1-3H3. The molecular formula is C21H24BrNO3. The average molecular weight is 418 g/mol. The van der Waals surface area contributed by atoms with Crippen molar-refractivity contribution in [1.82, 2.24) is 5.32 Å². The molecule has 2 aromatic carbocycles. The summed E-state index contributed by atoms with van der Waals surface area (Å²) in [5.41, 5.74) is 2.37. The van der Waals surface area contributed by atoms with E-state index in [0.29, 0.717) is 13.0 Å². The van der Waals surface area contributed by atoms with Gasteiger partial charge in [0.05, 0.1) is 11.6 Å². The van der Waals surface area contributed by atoms with Crippen LogP contribution in [0.1, 0.15) is 31.4 Å². The molecule has 0 aliphatic carbocycles. The van der Waals surface area contributed by atoms with Crippen molar-refractivity contribution in [2.75, 3.05) is 13.7 Å². The van der Waals surface area contributed by atoms with Gasteiger partial charge < -0.3 is 14.8 Å². The number of rotatable bonds is 5. The number of carbonyl (C=O) groups excluding carboxylic acids is 1. The smallest absolute Gasteiger partial charge is 0.323 e. The van der Waals surface area contributed by atoms with Crippen LogP contribution in [0.25, 0.3) is 0 Å². The minimum Gasteiger partial charge on any atom is -0.488 e. The van der Waals surface area contributed by atoms with E-state index >= 15 is 0 Å². The van der Waals surface area contributed by atoms with Crippen molar-refractivity contribution in [1.29, 1.82) is 0 Å². The van der Waals surface area contributed by atoms with Gasteiger partial charge in [-0.3, -0.25) is 4.79 Å². The minimum absolute atomic E-state index is 0.0524. The second-order valence-corrected chi connectivity index (χ2v) is 7.95. The second kappa shape index (κ2) is 7.80. The first-order valence-corrected chi connectivity index (χ1v) is 9.54. The third-order valence-corrected chi connectivity index (χ3v) is 5.64. The van der Waals surface area contributed by atoms with E-state index in [0.717, 1.165) is 10.2 Å². The van der Waals surface area contributed by atoms with E-state index in [1.54, 1.807) is 0 Å². The summed E-state index contributed by atoms with van der Waals surface area (Å²) in [5.74, 6) is 0.546. The molecule has 1 aliphatic rings. The van der Waals surface area contributed by atoms with Crippen molar-refractivity contribution < 1.29 is 14.3 Å². The van der Waals surface area contributed by atoms with Crippen LogP contribution in [-0.2, 0) is 14.9 Å². The first-order valence-electron chi connectivity index (χ1n) is 8.75. The fraction of sp³-hybridized carbons (Fsp3) is 0.381. The average Bonchev–Trinajstić information content (AvgIpc) is 3.12. The van der Waals surface area contributed by atoms with Crippen LogP contribution in [0.5, 0.6) is 5.75 Å². The molecule has 26 heavy (non-hydrogen) atoms. The Balaban J connectivity index is 1.73. The van der Waals surface area contributed by atoms with Crippen molar-refractivity contribution in [2.24, 2.45) is 0 Å². The van der Waals surface area contributed by atoms with Crippen molar-refractivity contribution in [2.45, 2.75) is 37.8 Å². The van der Waals surface area contributed by atoms with Crippen LogP contribution in [0.4, 0.5) is 0 Å². The van der Waals surface area contributed by atoms with Gasteiger partial charge in [-0.25, -0.2) is 0 Å². The fourth-order valence-electron chi connectivity index (χ4n) is 3.30. The molecule has 2 aromatic rings. The molecule has 1 N–H and O–H groups in total. The number of hydrogen-bond acceptors (Lipinski definition) is 4. The Kier molecular flexibility index (Phi) is 5.68. The zero-order valence-corrected chi connectivity index (χ0v) is 16.9. The number of nitrogens with one attached hydrogen (secondary N) is 1. The third kappa shape index (κ3) is 3.94. The van der Waals surface area contributed by atoms with E-state index in [1.807, 2.05) is 12.1 Å². The van der Waals surface area contributed by atoms with E-state index in [-0.39, 0.29) is 23.5 Å². The number of esters is 1. The number of ether oxygens (including phenoxy) is 2. The van der Waals surface area contributed by atoms with E-state index < -0.39 is 0 Å². The van der Waals surface area contributed by atoms with Crippen molar-refractivity contribution >= 4 is 21.9 Å². The molecule has 4 nitrogen and oxygen atoms in total. The van der Waals surface area contributed by atoms with E-state index in [9.17, 15) is 4.79 Å². The predicted molar refractivity (Wildman–Crippen MR) is 106 cm³/mol. The summed E-state index contributed by atoms with van der Waals surface area (Å²) in [6.07, 6.45) is 0.555. The highest BCUT2D eigenvalue weighted by molar-refractivity contribution is 9.10. The zero-order chi connectivity index (χ0) is 18.7. The van der Waals surface area contributed by atoms with Gasteiger partial charge in [-0.1, -0.05) is 50.2 Å². The first-order chi connectivity index (χ1) is 12.4. The molecular weight excluding hydrogens is 394 g/mol. The Labute approximate surface area is 163 Å². The highest BCUT2D eigenvalue weighted by Gasteiger charge is 2.32. The summed E-state index contributed by atoms with van der Waals surface area (Å²) >= 11 is 3.64. The maximum Gasteiger partial charge on any atom is 0.323 e. The SMILES string of the molecule is COC(=O)C1CC(Oc2ccc(C(C)(C)c3ccccc3)cc2Br)CN1. The lowest BCUT2D eigenvalue weighted by atomic mass is 9.78. The molecule has 0 radical (unpaired) electrons. The molecule has 138 valence electrons. The minimum atomic E-state index is -0.292. The Hall–Kier alpha value is -1.85. The maximum atomic E-state index is 11.6. The van der Waals surface area contributed by atoms with Crippen molar-refractivity contribution in [3.05, 3.63) is 64.1 Å². The summed E-state index contributed by atoms with van der Waals surface area (Å²) in [4.78, 5) is 11.6. The summed E-state index contributed by atoms with van der Waals surface area (Å²) < 4.78 is 11.8. The molecule has 0 aromatic heterocycles. The molecule has 0 amide bonds. The largest absolute Gasteiger partial charge is 0.488 e. The molecule has 0 saturated carbocycles. The van der Waals surface area contributed by atoms with Crippen LogP contribution in [0.15, 0.2) is 53.0 Å². The van der Waals surface area contributed by atoms with Gasteiger partial charge in [0, 0.05) is 18.4 Å². The van der Waals surface area contributed by atoms with E-state index in [1.165, 1.54) is 18.2 Å². The van der Waals surface area contributed by atoms with Gasteiger partial charge in [0.2, 0.25) is 0 Å². The quantitative estimate of drug-likeness (QED) is 0.745. The summed E-state index contributed by atoms with van der Waals surface area (Å²) in [6.45, 7) is 5.06. The van der Waals surface area contributed by atoms with Crippen LogP contribution < -0.4 is 10.1 Å². The van der Waals surface area contributed by atoms with Gasteiger partial charge in [0.15, 0.2) is 0 Å².